The van der Waals surface area contributed by atoms with Crippen molar-refractivity contribution in [3.05, 3.63) is 77.3 Å². The van der Waals surface area contributed by atoms with Gasteiger partial charge < -0.3 is 15.2 Å². The fourth-order valence-electron chi connectivity index (χ4n) is 3.57. The number of benzene rings is 1. The maximum Gasteiger partial charge on any atom is 0.352 e. The van der Waals surface area contributed by atoms with Crippen LogP contribution in [0.25, 0.3) is 0 Å². The van der Waals surface area contributed by atoms with Gasteiger partial charge >= 0.3 is 11.9 Å². The van der Waals surface area contributed by atoms with Crippen LogP contribution in [0.4, 0.5) is 0 Å². The zero-order valence-electron chi connectivity index (χ0n) is 16.9. The van der Waals surface area contributed by atoms with E-state index in [-0.39, 0.29) is 11.3 Å². The summed E-state index contributed by atoms with van der Waals surface area (Å²) in [7, 11) is 0. The van der Waals surface area contributed by atoms with Gasteiger partial charge in [0.15, 0.2) is 0 Å². The van der Waals surface area contributed by atoms with Crippen molar-refractivity contribution in [2.75, 3.05) is 5.75 Å². The molecule has 9 nitrogen and oxygen atoms in total. The molecule has 1 fully saturated rings. The van der Waals surface area contributed by atoms with Crippen molar-refractivity contribution < 1.29 is 29.0 Å². The fraction of sp³-hybridized carbons (Fsp3) is 0.227. The summed E-state index contributed by atoms with van der Waals surface area (Å²) in [5.41, 5.74) is 1.21. The Bertz CT molecular complexity index is 1110. The van der Waals surface area contributed by atoms with E-state index >= 15 is 0 Å². The zero-order chi connectivity index (χ0) is 22.8. The molecular formula is C22H19N3O6S. The summed E-state index contributed by atoms with van der Waals surface area (Å²) in [6.45, 7) is 1.66. The molecule has 1 aromatic heterocycles. The molecule has 0 bridgehead atoms. The van der Waals surface area contributed by atoms with E-state index in [4.69, 9.17) is 4.74 Å². The summed E-state index contributed by atoms with van der Waals surface area (Å²) in [6.07, 6.45) is 1.58. The van der Waals surface area contributed by atoms with Gasteiger partial charge in [0.1, 0.15) is 17.1 Å². The molecule has 3 atom stereocenters. The van der Waals surface area contributed by atoms with Crippen LogP contribution in [0.15, 0.2) is 66.1 Å². The molecule has 0 spiro atoms. The number of hydrogen-bond donors (Lipinski definition) is 2. The maximum atomic E-state index is 13.1. The molecule has 10 heteroatoms. The van der Waals surface area contributed by atoms with Crippen molar-refractivity contribution in [2.24, 2.45) is 0 Å². The van der Waals surface area contributed by atoms with Gasteiger partial charge in [0.25, 0.3) is 11.8 Å². The van der Waals surface area contributed by atoms with Gasteiger partial charge in [-0.1, -0.05) is 30.3 Å². The molecule has 2 N–H and O–H groups in total. The lowest BCUT2D eigenvalue weighted by atomic mass is 10.0. The average Bonchev–Trinajstić information content (AvgIpc) is 2.81. The number of ether oxygens (including phenoxy) is 1. The molecule has 2 aliphatic heterocycles. The fourth-order valence-corrected chi connectivity index (χ4v) is 4.86. The lowest BCUT2D eigenvalue weighted by Gasteiger charge is -2.49. The van der Waals surface area contributed by atoms with Crippen molar-refractivity contribution in [3.8, 4) is 0 Å². The highest BCUT2D eigenvalue weighted by Crippen LogP contribution is 2.40. The normalized spacial score (nSPS) is 20.7. The summed E-state index contributed by atoms with van der Waals surface area (Å²) >= 11 is 1.37. The van der Waals surface area contributed by atoms with Gasteiger partial charge in [-0.3, -0.25) is 19.5 Å². The highest BCUT2D eigenvalue weighted by atomic mass is 32.2. The van der Waals surface area contributed by atoms with Gasteiger partial charge in [-0.05, 0) is 24.6 Å². The minimum absolute atomic E-state index is 0.0482. The van der Waals surface area contributed by atoms with Crippen LogP contribution in [-0.2, 0) is 19.1 Å². The smallest absolute Gasteiger partial charge is 0.352 e. The molecule has 164 valence electrons. The van der Waals surface area contributed by atoms with Crippen LogP contribution >= 0.6 is 11.8 Å². The Labute approximate surface area is 187 Å². The second kappa shape index (κ2) is 8.83. The summed E-state index contributed by atoms with van der Waals surface area (Å²) in [5, 5.41) is 11.6. The lowest BCUT2D eigenvalue weighted by Crippen LogP contribution is -2.70. The van der Waals surface area contributed by atoms with Crippen LogP contribution in [0.2, 0.25) is 0 Å². The number of carbonyl (C=O) groups excluding carboxylic acids is 3. The molecule has 0 aliphatic carbocycles. The quantitative estimate of drug-likeness (QED) is 0.500. The highest BCUT2D eigenvalue weighted by molar-refractivity contribution is 8.00. The van der Waals surface area contributed by atoms with Gasteiger partial charge in [-0.15, -0.1) is 11.8 Å². The van der Waals surface area contributed by atoms with Crippen LogP contribution in [-0.4, -0.2) is 55.9 Å². The van der Waals surface area contributed by atoms with E-state index in [1.54, 1.807) is 37.3 Å². The molecule has 2 aromatic rings. The number of β-lactam (4-membered cyclic amide) rings is 1. The molecule has 1 aromatic carbocycles. The number of aromatic nitrogens is 1. The Morgan fingerprint density at radius 1 is 1.19 bits per heavy atom. The van der Waals surface area contributed by atoms with Gasteiger partial charge in [0, 0.05) is 23.7 Å². The van der Waals surface area contributed by atoms with Crippen molar-refractivity contribution >= 4 is 35.5 Å². The summed E-state index contributed by atoms with van der Waals surface area (Å²) in [6, 6.07) is 10.5. The van der Waals surface area contributed by atoms with E-state index in [2.05, 4.69) is 10.3 Å². The minimum Gasteiger partial charge on any atom is -0.477 e. The number of amides is 2. The second-order valence-electron chi connectivity index (χ2n) is 7.26. The first kappa shape index (κ1) is 21.6. The molecule has 1 saturated heterocycles. The van der Waals surface area contributed by atoms with Gasteiger partial charge in [0.05, 0.1) is 5.56 Å². The SMILES string of the molecule is CC1=C(C(=O)O)N2C(=O)C(NC(=O)C(OC(=O)c3ccncc3)c3ccccc3)[C@H]2SC1. The predicted molar refractivity (Wildman–Crippen MR) is 114 cm³/mol. The monoisotopic (exact) mass is 453 g/mol. The number of rotatable bonds is 6. The molecule has 0 saturated carbocycles. The first-order chi connectivity index (χ1) is 15.4. The van der Waals surface area contributed by atoms with Crippen molar-refractivity contribution in [1.82, 2.24) is 15.2 Å². The van der Waals surface area contributed by atoms with Crippen LogP contribution in [0, 0.1) is 0 Å². The summed E-state index contributed by atoms with van der Waals surface area (Å²) in [4.78, 5) is 55.0. The summed E-state index contributed by atoms with van der Waals surface area (Å²) < 4.78 is 5.49. The Kier molecular flexibility index (Phi) is 5.95. The number of esters is 1. The Hall–Kier alpha value is -3.66. The topological polar surface area (TPSA) is 126 Å². The van der Waals surface area contributed by atoms with Gasteiger partial charge in [0.2, 0.25) is 6.10 Å². The number of pyridine rings is 1. The third-order valence-corrected chi connectivity index (χ3v) is 6.56. The number of carboxylic acid groups (broad SMARTS) is 1. The molecule has 3 heterocycles. The zero-order valence-corrected chi connectivity index (χ0v) is 17.7. The molecule has 2 aliphatic rings. The Morgan fingerprint density at radius 2 is 1.88 bits per heavy atom. The van der Waals surface area contributed by atoms with Crippen LogP contribution in [0.1, 0.15) is 28.9 Å². The predicted octanol–water partition coefficient (Wildman–Crippen LogP) is 1.74. The number of fused-ring (bicyclic) bond motifs is 1. The van der Waals surface area contributed by atoms with Gasteiger partial charge in [-0.25, -0.2) is 9.59 Å². The maximum absolute atomic E-state index is 13.1. The average molecular weight is 453 g/mol. The first-order valence-electron chi connectivity index (χ1n) is 9.72. The molecule has 4 rings (SSSR count). The molecule has 32 heavy (non-hydrogen) atoms. The third kappa shape index (κ3) is 3.96. The van der Waals surface area contributed by atoms with E-state index in [0.29, 0.717) is 16.9 Å². The number of aliphatic carboxylic acids is 1. The molecule has 2 unspecified atom stereocenters. The van der Waals surface area contributed by atoms with Crippen LogP contribution < -0.4 is 5.32 Å². The van der Waals surface area contributed by atoms with Gasteiger partial charge in [-0.2, -0.15) is 0 Å². The largest absolute Gasteiger partial charge is 0.477 e. The summed E-state index contributed by atoms with van der Waals surface area (Å²) in [5.74, 6) is -2.64. The number of nitrogens with one attached hydrogen (secondary N) is 1. The number of nitrogens with zero attached hydrogens (tertiary/aromatic N) is 2. The standard InChI is InChI=1S/C22H19N3O6S/c1-12-11-32-20-15(19(27)25(20)16(12)21(28)29)24-18(26)17(13-5-3-2-4-6-13)31-22(30)14-7-9-23-10-8-14/h2-10,15,17,20H,11H2,1H3,(H,24,26)(H,28,29)/t15?,17?,20-/m1/s1. The van der Waals surface area contributed by atoms with E-state index < -0.39 is 41.3 Å². The number of hydrogen-bond acceptors (Lipinski definition) is 7. The van der Waals surface area contributed by atoms with E-state index in [0.717, 1.165) is 0 Å². The first-order valence-corrected chi connectivity index (χ1v) is 10.8. The van der Waals surface area contributed by atoms with E-state index in [1.165, 1.54) is 41.2 Å². The van der Waals surface area contributed by atoms with Crippen molar-refractivity contribution in [1.29, 1.82) is 0 Å². The van der Waals surface area contributed by atoms with E-state index in [1.807, 2.05) is 0 Å². The number of carboxylic acids is 1. The van der Waals surface area contributed by atoms with Crippen molar-refractivity contribution in [3.63, 3.8) is 0 Å². The lowest BCUT2D eigenvalue weighted by molar-refractivity contribution is -0.151. The Balaban J connectivity index is 1.53. The molecular weight excluding hydrogens is 434 g/mol. The van der Waals surface area contributed by atoms with Crippen LogP contribution in [0.5, 0.6) is 0 Å². The minimum atomic E-state index is -1.29. The Morgan fingerprint density at radius 3 is 2.53 bits per heavy atom. The second-order valence-corrected chi connectivity index (χ2v) is 8.37. The van der Waals surface area contributed by atoms with Crippen molar-refractivity contribution in [2.45, 2.75) is 24.4 Å². The molecule has 2 amide bonds. The third-order valence-electron chi connectivity index (χ3n) is 5.14. The number of carbonyl (C=O) groups is 4. The van der Waals surface area contributed by atoms with Crippen LogP contribution in [0.3, 0.4) is 0 Å². The molecule has 0 radical (unpaired) electrons. The highest BCUT2D eigenvalue weighted by Gasteiger charge is 2.54. The number of thioether (sulfide) groups is 1. The van der Waals surface area contributed by atoms with E-state index in [9.17, 15) is 24.3 Å².